The van der Waals surface area contributed by atoms with Gasteiger partial charge >= 0.3 is 5.97 Å². The summed E-state index contributed by atoms with van der Waals surface area (Å²) in [6, 6.07) is 13.3. The maximum atomic E-state index is 11.9. The molecule has 166 valence electrons. The summed E-state index contributed by atoms with van der Waals surface area (Å²) < 4.78 is 4.89. The molecule has 2 aliphatic carbocycles. The van der Waals surface area contributed by atoms with Crippen LogP contribution in [0.2, 0.25) is 0 Å². The highest BCUT2D eigenvalue weighted by atomic mass is 16.5. The van der Waals surface area contributed by atoms with Crippen LogP contribution in [0, 0.1) is 6.92 Å². The molecular formula is C28H37NO2. The monoisotopic (exact) mass is 419 g/mol. The number of hydrogen-bond donors (Lipinski definition) is 0. The minimum atomic E-state index is -0.281. The predicted octanol–water partition coefficient (Wildman–Crippen LogP) is 7.64. The van der Waals surface area contributed by atoms with Crippen molar-refractivity contribution in [3.8, 4) is 0 Å². The van der Waals surface area contributed by atoms with Gasteiger partial charge in [0.2, 0.25) is 0 Å². The zero-order chi connectivity index (χ0) is 21.8. The Morgan fingerprint density at radius 2 is 1.39 bits per heavy atom. The lowest BCUT2D eigenvalue weighted by Crippen LogP contribution is -2.15. The van der Waals surface area contributed by atoms with E-state index in [1.807, 2.05) is 12.1 Å². The predicted molar refractivity (Wildman–Crippen MR) is 129 cm³/mol. The molecule has 31 heavy (non-hydrogen) atoms. The Labute approximate surface area is 187 Å². The number of carbonyl (C=O) groups excluding carboxylic acids is 1. The van der Waals surface area contributed by atoms with E-state index in [0.29, 0.717) is 17.4 Å². The van der Waals surface area contributed by atoms with Crippen LogP contribution in [0.15, 0.2) is 36.4 Å². The van der Waals surface area contributed by atoms with Crippen molar-refractivity contribution in [2.24, 2.45) is 0 Å². The molecule has 4 rings (SSSR count). The van der Waals surface area contributed by atoms with Gasteiger partial charge in [-0.1, -0.05) is 44.6 Å². The molecular weight excluding hydrogens is 382 g/mol. The third-order valence-electron chi connectivity index (χ3n) is 7.48. The highest BCUT2D eigenvalue weighted by Gasteiger charge is 2.22. The average molecular weight is 420 g/mol. The molecule has 0 spiro atoms. The number of methoxy groups -OCH3 is 1. The molecule has 2 saturated carbocycles. The second kappa shape index (κ2) is 9.89. The molecule has 3 heteroatoms. The number of aryl methyl sites for hydroxylation is 1. The first kappa shape index (κ1) is 21.9. The van der Waals surface area contributed by atoms with Crippen molar-refractivity contribution in [1.29, 1.82) is 0 Å². The van der Waals surface area contributed by atoms with Gasteiger partial charge in [-0.25, -0.2) is 4.79 Å². The van der Waals surface area contributed by atoms with Crippen LogP contribution in [0.5, 0.6) is 0 Å². The van der Waals surface area contributed by atoms with Crippen LogP contribution in [0.4, 0.5) is 11.4 Å². The lowest BCUT2D eigenvalue weighted by molar-refractivity contribution is 0.0600. The fourth-order valence-electron chi connectivity index (χ4n) is 5.61. The normalized spacial score (nSPS) is 18.0. The van der Waals surface area contributed by atoms with Gasteiger partial charge in [0.05, 0.1) is 12.7 Å². The fraction of sp³-hybridized carbons (Fsp3) is 0.536. The van der Waals surface area contributed by atoms with Gasteiger partial charge in [0, 0.05) is 18.4 Å². The summed E-state index contributed by atoms with van der Waals surface area (Å²) in [7, 11) is 3.59. The van der Waals surface area contributed by atoms with Crippen LogP contribution in [-0.4, -0.2) is 20.1 Å². The average Bonchev–Trinajstić information content (AvgIpc) is 2.84. The smallest absolute Gasteiger partial charge is 0.337 e. The van der Waals surface area contributed by atoms with E-state index >= 15 is 0 Å². The molecule has 0 saturated heterocycles. The van der Waals surface area contributed by atoms with Crippen LogP contribution in [-0.2, 0) is 4.74 Å². The van der Waals surface area contributed by atoms with E-state index in [2.05, 4.69) is 43.1 Å². The van der Waals surface area contributed by atoms with Gasteiger partial charge in [0.1, 0.15) is 0 Å². The van der Waals surface area contributed by atoms with E-state index in [0.717, 1.165) is 11.3 Å². The Bertz CT molecular complexity index is 871. The van der Waals surface area contributed by atoms with Crippen molar-refractivity contribution >= 4 is 17.3 Å². The van der Waals surface area contributed by atoms with Gasteiger partial charge in [0.25, 0.3) is 0 Å². The second-order valence-electron chi connectivity index (χ2n) is 9.58. The van der Waals surface area contributed by atoms with E-state index in [1.165, 1.54) is 88.1 Å². The largest absolute Gasteiger partial charge is 0.465 e. The minimum absolute atomic E-state index is 0.281. The summed E-state index contributed by atoms with van der Waals surface area (Å²) >= 11 is 0. The Morgan fingerprint density at radius 1 is 0.839 bits per heavy atom. The summed E-state index contributed by atoms with van der Waals surface area (Å²) in [5.41, 5.74) is 7.19. The third-order valence-corrected chi connectivity index (χ3v) is 7.48. The number of nitrogens with zero attached hydrogens (tertiary/aromatic N) is 1. The van der Waals surface area contributed by atoms with E-state index in [4.69, 9.17) is 4.74 Å². The van der Waals surface area contributed by atoms with Crippen LogP contribution >= 0.6 is 0 Å². The molecule has 0 bridgehead atoms. The molecule has 0 aliphatic heterocycles. The van der Waals surface area contributed by atoms with Gasteiger partial charge in [0.15, 0.2) is 0 Å². The van der Waals surface area contributed by atoms with Crippen molar-refractivity contribution in [3.05, 3.63) is 58.7 Å². The van der Waals surface area contributed by atoms with Crippen LogP contribution in [0.25, 0.3) is 0 Å². The molecule has 2 fully saturated rings. The molecule has 0 radical (unpaired) electrons. The Morgan fingerprint density at radius 3 is 1.87 bits per heavy atom. The first-order valence-electron chi connectivity index (χ1n) is 12.1. The maximum Gasteiger partial charge on any atom is 0.337 e. The van der Waals surface area contributed by atoms with Crippen molar-refractivity contribution in [2.45, 2.75) is 83.0 Å². The SMILES string of the molecule is COC(=O)c1ccc(N(C)c2cc(C3CCCCC3)cc(C3CCCCC3)c2)c(C)c1. The van der Waals surface area contributed by atoms with Gasteiger partial charge < -0.3 is 9.64 Å². The Hall–Kier alpha value is -2.29. The Balaban J connectivity index is 1.69. The highest BCUT2D eigenvalue weighted by Crippen LogP contribution is 2.40. The fourth-order valence-corrected chi connectivity index (χ4v) is 5.61. The van der Waals surface area contributed by atoms with Crippen LogP contribution in [0.3, 0.4) is 0 Å². The number of esters is 1. The van der Waals surface area contributed by atoms with Gasteiger partial charge in [-0.3, -0.25) is 0 Å². The number of rotatable bonds is 5. The number of benzene rings is 2. The van der Waals surface area contributed by atoms with Crippen LogP contribution in [0.1, 0.15) is 103 Å². The summed E-state index contributed by atoms with van der Waals surface area (Å²) in [5, 5.41) is 0. The Kier molecular flexibility index (Phi) is 6.99. The second-order valence-corrected chi connectivity index (χ2v) is 9.58. The van der Waals surface area contributed by atoms with E-state index in [9.17, 15) is 4.79 Å². The molecule has 0 N–H and O–H groups in total. The van der Waals surface area contributed by atoms with Crippen molar-refractivity contribution in [2.75, 3.05) is 19.1 Å². The number of ether oxygens (including phenoxy) is 1. The van der Waals surface area contributed by atoms with Gasteiger partial charge in [-0.05, 0) is 91.5 Å². The molecule has 0 atom stereocenters. The van der Waals surface area contributed by atoms with Gasteiger partial charge in [-0.2, -0.15) is 0 Å². The summed E-state index contributed by atoms with van der Waals surface area (Å²) in [6.07, 6.45) is 13.5. The topological polar surface area (TPSA) is 29.5 Å². The molecule has 2 aliphatic rings. The third kappa shape index (κ3) is 4.97. The molecule has 0 heterocycles. The first-order chi connectivity index (χ1) is 15.1. The van der Waals surface area contributed by atoms with Crippen molar-refractivity contribution < 1.29 is 9.53 Å². The van der Waals surface area contributed by atoms with E-state index in [-0.39, 0.29) is 5.97 Å². The molecule has 0 aromatic heterocycles. The highest BCUT2D eigenvalue weighted by molar-refractivity contribution is 5.90. The molecule has 3 nitrogen and oxygen atoms in total. The lowest BCUT2D eigenvalue weighted by Gasteiger charge is -2.29. The van der Waals surface area contributed by atoms with E-state index in [1.54, 1.807) is 0 Å². The first-order valence-corrected chi connectivity index (χ1v) is 12.1. The maximum absolute atomic E-state index is 11.9. The number of anilines is 2. The molecule has 0 amide bonds. The standard InChI is InChI=1S/C28H37NO2/c1-20-16-23(28(30)31-3)14-15-27(20)29(2)26-18-24(21-10-6-4-7-11-21)17-25(19-26)22-12-8-5-9-13-22/h14-19,21-22H,4-13H2,1-3H3. The summed E-state index contributed by atoms with van der Waals surface area (Å²) in [4.78, 5) is 14.2. The summed E-state index contributed by atoms with van der Waals surface area (Å²) in [6.45, 7) is 2.07. The number of carbonyl (C=O) groups is 1. The lowest BCUT2D eigenvalue weighted by atomic mass is 9.79. The van der Waals surface area contributed by atoms with Crippen LogP contribution < -0.4 is 4.90 Å². The molecule has 0 unspecified atom stereocenters. The minimum Gasteiger partial charge on any atom is -0.465 e. The molecule has 2 aromatic rings. The summed E-state index contributed by atoms with van der Waals surface area (Å²) in [5.74, 6) is 1.12. The quantitative estimate of drug-likeness (QED) is 0.466. The van der Waals surface area contributed by atoms with Gasteiger partial charge in [-0.15, -0.1) is 0 Å². The van der Waals surface area contributed by atoms with E-state index < -0.39 is 0 Å². The number of hydrogen-bond acceptors (Lipinski definition) is 3. The zero-order valence-corrected chi connectivity index (χ0v) is 19.5. The van der Waals surface area contributed by atoms with Crippen molar-refractivity contribution in [3.63, 3.8) is 0 Å². The molecule has 2 aromatic carbocycles. The zero-order valence-electron chi connectivity index (χ0n) is 19.5. The van der Waals surface area contributed by atoms with Crippen molar-refractivity contribution in [1.82, 2.24) is 0 Å².